The Hall–Kier alpha value is -1.88. The van der Waals surface area contributed by atoms with E-state index in [2.05, 4.69) is 10.4 Å². The van der Waals surface area contributed by atoms with Crippen LogP contribution < -0.4 is 5.32 Å². The van der Waals surface area contributed by atoms with Crippen molar-refractivity contribution < 1.29 is 9.18 Å². The zero-order chi connectivity index (χ0) is 16.3. The Labute approximate surface area is 134 Å². The lowest BCUT2D eigenvalue weighted by Gasteiger charge is -2.14. The number of carbonyl (C=O) groups is 1. The van der Waals surface area contributed by atoms with Crippen LogP contribution in [0.4, 0.5) is 4.39 Å². The molecule has 2 rings (SSSR count). The number of halogens is 2. The Morgan fingerprint density at radius 1 is 1.45 bits per heavy atom. The molecule has 1 amide bonds. The number of rotatable bonds is 5. The van der Waals surface area contributed by atoms with Gasteiger partial charge in [-0.05, 0) is 38.0 Å². The summed E-state index contributed by atoms with van der Waals surface area (Å²) in [5, 5.41) is 7.22. The minimum absolute atomic E-state index is 0.109. The highest BCUT2D eigenvalue weighted by molar-refractivity contribution is 6.33. The Kier molecular flexibility index (Phi) is 5.19. The molecule has 2 aromatic rings. The van der Waals surface area contributed by atoms with Crippen LogP contribution in [0.25, 0.3) is 0 Å². The van der Waals surface area contributed by atoms with Gasteiger partial charge in [-0.3, -0.25) is 9.48 Å². The van der Waals surface area contributed by atoms with Gasteiger partial charge in [-0.1, -0.05) is 24.6 Å². The summed E-state index contributed by atoms with van der Waals surface area (Å²) in [5.74, 6) is -0.952. The van der Waals surface area contributed by atoms with Gasteiger partial charge in [-0.25, -0.2) is 4.39 Å². The number of hydrogen-bond acceptors (Lipinski definition) is 2. The molecule has 1 N–H and O–H groups in total. The lowest BCUT2D eigenvalue weighted by Crippen LogP contribution is -2.31. The van der Waals surface area contributed by atoms with E-state index in [0.29, 0.717) is 13.1 Å². The molecule has 1 atom stereocenters. The highest BCUT2D eigenvalue weighted by atomic mass is 35.5. The lowest BCUT2D eigenvalue weighted by molar-refractivity contribution is 0.0942. The summed E-state index contributed by atoms with van der Waals surface area (Å²) in [6.07, 6.45) is 0. The molecular formula is C16H19ClFN3O. The maximum Gasteiger partial charge on any atom is 0.255 e. The quantitative estimate of drug-likeness (QED) is 0.917. The van der Waals surface area contributed by atoms with Gasteiger partial charge >= 0.3 is 0 Å². The summed E-state index contributed by atoms with van der Waals surface area (Å²) in [5.41, 5.74) is 1.93. The third kappa shape index (κ3) is 3.85. The molecular weight excluding hydrogens is 305 g/mol. The summed E-state index contributed by atoms with van der Waals surface area (Å²) in [6, 6.07) is 6.20. The van der Waals surface area contributed by atoms with E-state index in [1.54, 1.807) is 0 Å². The number of benzene rings is 1. The van der Waals surface area contributed by atoms with E-state index in [-0.39, 0.29) is 16.5 Å². The van der Waals surface area contributed by atoms with Gasteiger partial charge in [-0.2, -0.15) is 5.10 Å². The summed E-state index contributed by atoms with van der Waals surface area (Å²) >= 11 is 5.88. The van der Waals surface area contributed by atoms with Crippen LogP contribution in [0.5, 0.6) is 0 Å². The fourth-order valence-corrected chi connectivity index (χ4v) is 2.54. The fraction of sp³-hybridized carbons (Fsp3) is 0.375. The van der Waals surface area contributed by atoms with Crippen LogP contribution in [0.1, 0.15) is 28.7 Å². The topological polar surface area (TPSA) is 46.9 Å². The minimum atomic E-state index is -0.615. The molecule has 0 saturated heterocycles. The Bertz CT molecular complexity index is 664. The SMILES string of the molecule is Cc1cc(C)n(C[C@H](C)CNC(=O)c2c(F)cccc2Cl)n1. The standard InChI is InChI=1S/C16H19ClFN3O/c1-10(9-21-12(3)7-11(2)20-21)8-19-16(22)15-13(17)5-4-6-14(15)18/h4-7,10H,8-9H2,1-3H3,(H,19,22)/t10-/m1/s1. The predicted octanol–water partition coefficient (Wildman–Crippen LogP) is 3.36. The molecule has 0 unspecified atom stereocenters. The fourth-order valence-electron chi connectivity index (χ4n) is 2.29. The molecule has 0 radical (unpaired) electrons. The third-order valence-corrected chi connectivity index (χ3v) is 3.70. The third-order valence-electron chi connectivity index (χ3n) is 3.39. The number of nitrogens with zero attached hydrogens (tertiary/aromatic N) is 2. The van der Waals surface area contributed by atoms with E-state index in [1.165, 1.54) is 18.2 Å². The summed E-state index contributed by atoms with van der Waals surface area (Å²) in [6.45, 7) is 7.03. The largest absolute Gasteiger partial charge is 0.352 e. The molecule has 0 bridgehead atoms. The second-order valence-corrected chi connectivity index (χ2v) is 5.93. The van der Waals surface area contributed by atoms with E-state index < -0.39 is 11.7 Å². The van der Waals surface area contributed by atoms with Crippen LogP contribution in [0.3, 0.4) is 0 Å². The average Bonchev–Trinajstić information content (AvgIpc) is 2.74. The molecule has 0 saturated carbocycles. The van der Waals surface area contributed by atoms with Gasteiger partial charge in [0.05, 0.1) is 16.3 Å². The molecule has 118 valence electrons. The van der Waals surface area contributed by atoms with Crippen molar-refractivity contribution in [2.45, 2.75) is 27.3 Å². The normalized spacial score (nSPS) is 12.2. The van der Waals surface area contributed by atoms with Crippen LogP contribution in [0, 0.1) is 25.6 Å². The first-order valence-electron chi connectivity index (χ1n) is 7.11. The van der Waals surface area contributed by atoms with Crippen molar-refractivity contribution >= 4 is 17.5 Å². The molecule has 0 fully saturated rings. The van der Waals surface area contributed by atoms with E-state index in [4.69, 9.17) is 11.6 Å². The smallest absolute Gasteiger partial charge is 0.255 e. The highest BCUT2D eigenvalue weighted by Gasteiger charge is 2.16. The van der Waals surface area contributed by atoms with Gasteiger partial charge in [0, 0.05) is 18.8 Å². The number of nitrogens with one attached hydrogen (secondary N) is 1. The van der Waals surface area contributed by atoms with Crippen molar-refractivity contribution in [2.75, 3.05) is 6.54 Å². The molecule has 4 nitrogen and oxygen atoms in total. The second-order valence-electron chi connectivity index (χ2n) is 5.52. The van der Waals surface area contributed by atoms with E-state index in [1.807, 2.05) is 31.5 Å². The van der Waals surface area contributed by atoms with Gasteiger partial charge in [0.1, 0.15) is 5.82 Å². The van der Waals surface area contributed by atoms with Gasteiger partial charge < -0.3 is 5.32 Å². The van der Waals surface area contributed by atoms with Crippen molar-refractivity contribution in [1.29, 1.82) is 0 Å². The molecule has 1 aromatic heterocycles. The van der Waals surface area contributed by atoms with Gasteiger partial charge in [0.15, 0.2) is 0 Å². The van der Waals surface area contributed by atoms with Crippen molar-refractivity contribution in [3.8, 4) is 0 Å². The van der Waals surface area contributed by atoms with E-state index >= 15 is 0 Å². The zero-order valence-electron chi connectivity index (χ0n) is 12.9. The zero-order valence-corrected chi connectivity index (χ0v) is 13.6. The van der Waals surface area contributed by atoms with Crippen LogP contribution in [0.2, 0.25) is 5.02 Å². The first kappa shape index (κ1) is 16.5. The average molecular weight is 324 g/mol. The summed E-state index contributed by atoms with van der Waals surface area (Å²) in [4.78, 5) is 12.1. The van der Waals surface area contributed by atoms with Crippen molar-refractivity contribution in [3.63, 3.8) is 0 Å². The van der Waals surface area contributed by atoms with Crippen LogP contribution >= 0.6 is 11.6 Å². The van der Waals surface area contributed by atoms with Gasteiger partial charge in [0.2, 0.25) is 0 Å². The predicted molar refractivity (Wildman–Crippen MR) is 84.6 cm³/mol. The Balaban J connectivity index is 1.95. The first-order chi connectivity index (χ1) is 10.4. The summed E-state index contributed by atoms with van der Waals surface area (Å²) < 4.78 is 15.6. The van der Waals surface area contributed by atoms with Crippen LogP contribution in [-0.4, -0.2) is 22.2 Å². The maximum atomic E-state index is 13.7. The van der Waals surface area contributed by atoms with E-state index in [0.717, 1.165) is 11.4 Å². The number of hydrogen-bond donors (Lipinski definition) is 1. The molecule has 0 aliphatic rings. The van der Waals surface area contributed by atoms with Crippen molar-refractivity contribution in [3.05, 3.63) is 52.1 Å². The van der Waals surface area contributed by atoms with Gasteiger partial charge in [-0.15, -0.1) is 0 Å². The lowest BCUT2D eigenvalue weighted by atomic mass is 10.1. The monoisotopic (exact) mass is 323 g/mol. The van der Waals surface area contributed by atoms with Crippen LogP contribution in [-0.2, 0) is 6.54 Å². The highest BCUT2D eigenvalue weighted by Crippen LogP contribution is 2.18. The van der Waals surface area contributed by atoms with Crippen molar-refractivity contribution in [2.24, 2.45) is 5.92 Å². The maximum absolute atomic E-state index is 13.7. The molecule has 0 aliphatic carbocycles. The van der Waals surface area contributed by atoms with E-state index in [9.17, 15) is 9.18 Å². The second kappa shape index (κ2) is 6.92. The molecule has 1 heterocycles. The summed E-state index contributed by atoms with van der Waals surface area (Å²) in [7, 11) is 0. The number of aryl methyl sites for hydroxylation is 2. The molecule has 6 heteroatoms. The number of carbonyl (C=O) groups excluding carboxylic acids is 1. The molecule has 1 aromatic carbocycles. The number of aromatic nitrogens is 2. The molecule has 0 spiro atoms. The van der Waals surface area contributed by atoms with Gasteiger partial charge in [0.25, 0.3) is 5.91 Å². The Morgan fingerprint density at radius 3 is 2.77 bits per heavy atom. The minimum Gasteiger partial charge on any atom is -0.352 e. The Morgan fingerprint density at radius 2 is 2.18 bits per heavy atom. The first-order valence-corrected chi connectivity index (χ1v) is 7.49. The molecule has 22 heavy (non-hydrogen) atoms. The number of amides is 1. The molecule has 0 aliphatic heterocycles. The van der Waals surface area contributed by atoms with Crippen molar-refractivity contribution in [1.82, 2.24) is 15.1 Å². The van der Waals surface area contributed by atoms with Crippen LogP contribution in [0.15, 0.2) is 24.3 Å².